The van der Waals surface area contributed by atoms with Crippen molar-refractivity contribution in [1.29, 1.82) is 0 Å². The predicted molar refractivity (Wildman–Crippen MR) is 59.8 cm³/mol. The number of carbonyl (C=O) groups is 1. The first-order valence-electron chi connectivity index (χ1n) is 4.98. The average molecular weight is 364 g/mol. The number of carboxylic acid groups (broad SMARTS) is 1. The van der Waals surface area contributed by atoms with Crippen molar-refractivity contribution in [2.75, 3.05) is 0 Å². The van der Waals surface area contributed by atoms with Gasteiger partial charge in [-0.3, -0.25) is 4.79 Å². The molecule has 0 aliphatic carbocycles. The summed E-state index contributed by atoms with van der Waals surface area (Å²) in [5.41, 5.74) is -1.56. The Balaban J connectivity index is 3.39. The van der Waals surface area contributed by atoms with Gasteiger partial charge in [0.2, 0.25) is 5.88 Å². The van der Waals surface area contributed by atoms with Gasteiger partial charge in [0.05, 0.1) is 6.42 Å². The van der Waals surface area contributed by atoms with Gasteiger partial charge in [-0.15, -0.1) is 13.2 Å². The van der Waals surface area contributed by atoms with Gasteiger partial charge in [0.25, 0.3) is 6.43 Å². The minimum absolute atomic E-state index is 0.311. The van der Waals surface area contributed by atoms with Crippen molar-refractivity contribution < 1.29 is 36.6 Å². The monoisotopic (exact) mass is 363 g/mol. The van der Waals surface area contributed by atoms with E-state index in [4.69, 9.17) is 5.11 Å². The molecule has 0 amide bonds. The highest BCUT2D eigenvalue weighted by atomic mass is 79.9. The van der Waals surface area contributed by atoms with Crippen LogP contribution in [0.5, 0.6) is 5.88 Å². The Morgan fingerprint density at radius 2 is 2.00 bits per heavy atom. The number of halogens is 6. The predicted octanol–water partition coefficient (Wildman–Crippen LogP) is 3.44. The van der Waals surface area contributed by atoms with E-state index in [2.05, 4.69) is 25.7 Å². The first-order chi connectivity index (χ1) is 9.15. The standard InChI is InChI=1S/C10H7BrF5NO3/c11-2-5-4(1-7(18)19)6(8(12)13)3-17-9(5)20-10(14,15)16/h3,8H,1-2H2,(H,18,19). The van der Waals surface area contributed by atoms with Crippen molar-refractivity contribution in [1.82, 2.24) is 4.98 Å². The van der Waals surface area contributed by atoms with Gasteiger partial charge in [-0.25, -0.2) is 13.8 Å². The molecule has 20 heavy (non-hydrogen) atoms. The van der Waals surface area contributed by atoms with Gasteiger partial charge in [-0.05, 0) is 5.56 Å². The summed E-state index contributed by atoms with van der Waals surface area (Å²) in [6.07, 6.45) is -8.50. The van der Waals surface area contributed by atoms with E-state index in [1.54, 1.807) is 0 Å². The van der Waals surface area contributed by atoms with E-state index in [9.17, 15) is 26.7 Å². The van der Waals surface area contributed by atoms with Crippen LogP contribution in [0.3, 0.4) is 0 Å². The van der Waals surface area contributed by atoms with Crippen molar-refractivity contribution in [3.05, 3.63) is 22.9 Å². The molecule has 0 aliphatic heterocycles. The fourth-order valence-electron chi connectivity index (χ4n) is 1.47. The molecule has 0 saturated carbocycles. The lowest BCUT2D eigenvalue weighted by molar-refractivity contribution is -0.276. The van der Waals surface area contributed by atoms with E-state index >= 15 is 0 Å². The summed E-state index contributed by atoms with van der Waals surface area (Å²) in [5, 5.41) is 8.36. The maximum Gasteiger partial charge on any atom is 0.574 e. The maximum atomic E-state index is 12.8. The normalized spacial score (nSPS) is 11.8. The van der Waals surface area contributed by atoms with Gasteiger partial charge in [-0.1, -0.05) is 15.9 Å². The van der Waals surface area contributed by atoms with Crippen molar-refractivity contribution in [3.63, 3.8) is 0 Å². The smallest absolute Gasteiger partial charge is 0.481 e. The Labute approximate surface area is 117 Å². The third kappa shape index (κ3) is 4.29. The van der Waals surface area contributed by atoms with Gasteiger partial charge >= 0.3 is 12.3 Å². The molecule has 0 fully saturated rings. The summed E-state index contributed by atoms with van der Waals surface area (Å²) in [6.45, 7) is 0. The Morgan fingerprint density at radius 3 is 2.40 bits per heavy atom. The molecule has 1 aromatic rings. The maximum absolute atomic E-state index is 12.8. The Hall–Kier alpha value is -1.45. The number of rotatable bonds is 5. The molecule has 0 aromatic carbocycles. The molecule has 0 atom stereocenters. The molecule has 1 N–H and O–H groups in total. The number of hydrogen-bond acceptors (Lipinski definition) is 3. The van der Waals surface area contributed by atoms with Crippen LogP contribution in [0, 0.1) is 0 Å². The zero-order valence-corrected chi connectivity index (χ0v) is 11.1. The molecular formula is C10H7BrF5NO3. The highest BCUT2D eigenvalue weighted by Gasteiger charge is 2.34. The largest absolute Gasteiger partial charge is 0.574 e. The molecule has 10 heteroatoms. The Kier molecular flexibility index (Phi) is 5.26. The lowest BCUT2D eigenvalue weighted by Gasteiger charge is -2.16. The number of ether oxygens (including phenoxy) is 1. The van der Waals surface area contributed by atoms with Crippen LogP contribution in [0.1, 0.15) is 23.1 Å². The zero-order valence-electron chi connectivity index (χ0n) is 9.55. The SMILES string of the molecule is O=C(O)Cc1c(C(F)F)cnc(OC(F)(F)F)c1CBr. The Morgan fingerprint density at radius 1 is 1.40 bits per heavy atom. The van der Waals surface area contributed by atoms with Crippen LogP contribution in [0.4, 0.5) is 22.0 Å². The molecule has 0 saturated heterocycles. The molecule has 0 radical (unpaired) electrons. The van der Waals surface area contributed by atoms with Gasteiger partial charge in [-0.2, -0.15) is 0 Å². The van der Waals surface area contributed by atoms with Crippen molar-refractivity contribution in [2.24, 2.45) is 0 Å². The molecule has 0 unspecified atom stereocenters. The lowest BCUT2D eigenvalue weighted by Crippen LogP contribution is -2.20. The van der Waals surface area contributed by atoms with Crippen molar-refractivity contribution in [2.45, 2.75) is 24.5 Å². The fourth-order valence-corrected chi connectivity index (χ4v) is 2.05. The molecule has 1 aromatic heterocycles. The Bertz CT molecular complexity index is 506. The lowest BCUT2D eigenvalue weighted by atomic mass is 10.0. The third-order valence-electron chi connectivity index (χ3n) is 2.20. The second kappa shape index (κ2) is 6.33. The zero-order chi connectivity index (χ0) is 15.5. The van der Waals surface area contributed by atoms with Gasteiger partial charge < -0.3 is 9.84 Å². The quantitative estimate of drug-likeness (QED) is 0.643. The van der Waals surface area contributed by atoms with Crippen LogP contribution in [0.15, 0.2) is 6.20 Å². The summed E-state index contributed by atoms with van der Waals surface area (Å²) >= 11 is 2.81. The van der Waals surface area contributed by atoms with E-state index in [0.717, 1.165) is 0 Å². The summed E-state index contributed by atoms with van der Waals surface area (Å²) in [6, 6.07) is 0. The summed E-state index contributed by atoms with van der Waals surface area (Å²) < 4.78 is 65.6. The van der Waals surface area contributed by atoms with Crippen LogP contribution < -0.4 is 4.74 Å². The van der Waals surface area contributed by atoms with Gasteiger partial charge in [0, 0.05) is 22.7 Å². The van der Waals surface area contributed by atoms with Crippen LogP contribution in [0.2, 0.25) is 0 Å². The van der Waals surface area contributed by atoms with E-state index in [1.165, 1.54) is 0 Å². The number of aromatic nitrogens is 1. The number of carboxylic acids is 1. The molecular weight excluding hydrogens is 357 g/mol. The fraction of sp³-hybridized carbons (Fsp3) is 0.400. The minimum atomic E-state index is -5.06. The molecule has 112 valence electrons. The van der Waals surface area contributed by atoms with E-state index < -0.39 is 42.2 Å². The molecule has 0 aliphatic rings. The van der Waals surface area contributed by atoms with Crippen LogP contribution in [0.25, 0.3) is 0 Å². The van der Waals surface area contributed by atoms with Crippen molar-refractivity contribution >= 4 is 21.9 Å². The number of nitrogens with zero attached hydrogens (tertiary/aromatic N) is 1. The first kappa shape index (κ1) is 16.6. The number of aliphatic carboxylic acids is 1. The first-order valence-corrected chi connectivity index (χ1v) is 6.10. The van der Waals surface area contributed by atoms with Crippen LogP contribution >= 0.6 is 15.9 Å². The van der Waals surface area contributed by atoms with Crippen LogP contribution in [-0.2, 0) is 16.5 Å². The van der Waals surface area contributed by atoms with Gasteiger partial charge in [0.15, 0.2) is 0 Å². The molecule has 1 rings (SSSR count). The van der Waals surface area contributed by atoms with E-state index in [-0.39, 0.29) is 10.9 Å². The number of alkyl halides is 6. The molecule has 4 nitrogen and oxygen atoms in total. The average Bonchev–Trinajstić information content (AvgIpc) is 2.25. The van der Waals surface area contributed by atoms with E-state index in [1.807, 2.05) is 0 Å². The molecule has 0 spiro atoms. The summed E-state index contributed by atoms with van der Waals surface area (Å²) in [7, 11) is 0. The number of pyridine rings is 1. The number of hydrogen-bond donors (Lipinski definition) is 1. The summed E-state index contributed by atoms with van der Waals surface area (Å²) in [5.74, 6) is -2.41. The second-order valence-corrected chi connectivity index (χ2v) is 4.09. The van der Waals surface area contributed by atoms with Crippen molar-refractivity contribution in [3.8, 4) is 5.88 Å². The minimum Gasteiger partial charge on any atom is -0.481 e. The topological polar surface area (TPSA) is 59.4 Å². The highest BCUT2D eigenvalue weighted by molar-refractivity contribution is 9.08. The molecule has 1 heterocycles. The third-order valence-corrected chi connectivity index (χ3v) is 2.76. The molecule has 0 bridgehead atoms. The highest BCUT2D eigenvalue weighted by Crippen LogP contribution is 2.33. The summed E-state index contributed by atoms with van der Waals surface area (Å²) in [4.78, 5) is 13.8. The van der Waals surface area contributed by atoms with Gasteiger partial charge in [0.1, 0.15) is 0 Å². The van der Waals surface area contributed by atoms with Crippen LogP contribution in [-0.4, -0.2) is 22.4 Å². The van der Waals surface area contributed by atoms with E-state index in [0.29, 0.717) is 6.20 Å². The second-order valence-electron chi connectivity index (χ2n) is 3.53.